The lowest BCUT2D eigenvalue weighted by Gasteiger charge is -2.32. The summed E-state index contributed by atoms with van der Waals surface area (Å²) in [6.45, 7) is 3.89. The molecule has 1 unspecified atom stereocenters. The number of carbonyl (C=O) groups excluding carboxylic acids is 1. The van der Waals surface area contributed by atoms with Crippen LogP contribution in [0.5, 0.6) is 0 Å². The number of carbonyl (C=O) groups is 1. The predicted octanol–water partition coefficient (Wildman–Crippen LogP) is -0.240. The van der Waals surface area contributed by atoms with Crippen molar-refractivity contribution in [1.29, 1.82) is 0 Å². The van der Waals surface area contributed by atoms with Crippen LogP contribution in [0.2, 0.25) is 0 Å². The van der Waals surface area contributed by atoms with Crippen LogP contribution in [-0.2, 0) is 19.6 Å². The zero-order valence-corrected chi connectivity index (χ0v) is 12.8. The minimum Gasteiger partial charge on any atom is -0.398 e. The molecular weight excluding hydrogens is 294 g/mol. The van der Waals surface area contributed by atoms with Gasteiger partial charge in [-0.15, -0.1) is 0 Å². The van der Waals surface area contributed by atoms with E-state index in [-0.39, 0.29) is 24.7 Å². The summed E-state index contributed by atoms with van der Waals surface area (Å²) >= 11 is 0. The lowest BCUT2D eigenvalue weighted by molar-refractivity contribution is -0.125. The van der Waals surface area contributed by atoms with E-state index in [4.69, 9.17) is 16.2 Å². The summed E-state index contributed by atoms with van der Waals surface area (Å²) in [5.74, 6) is -0.727. The van der Waals surface area contributed by atoms with Crippen LogP contribution >= 0.6 is 0 Å². The number of benzene rings is 1. The number of ether oxygens (including phenoxy) is 1. The molecule has 1 fully saturated rings. The second-order valence-electron chi connectivity index (χ2n) is 5.06. The minimum absolute atomic E-state index is 0.0328. The number of nitrogens with zero attached hydrogens (tertiary/aromatic N) is 1. The molecule has 0 aliphatic carbocycles. The molecule has 4 N–H and O–H groups in total. The van der Waals surface area contributed by atoms with E-state index < -0.39 is 22.0 Å². The van der Waals surface area contributed by atoms with Gasteiger partial charge in [-0.3, -0.25) is 4.79 Å². The van der Waals surface area contributed by atoms with E-state index in [0.29, 0.717) is 5.69 Å². The topological polar surface area (TPSA) is 116 Å². The highest BCUT2D eigenvalue weighted by Gasteiger charge is 2.37. The van der Waals surface area contributed by atoms with Gasteiger partial charge in [0.15, 0.2) is 0 Å². The molecule has 1 aliphatic rings. The Morgan fingerprint density at radius 1 is 1.38 bits per heavy atom. The van der Waals surface area contributed by atoms with E-state index in [9.17, 15) is 13.2 Å². The van der Waals surface area contributed by atoms with Gasteiger partial charge in [0.1, 0.15) is 6.04 Å². The molecule has 1 aliphatic heterocycles. The number of aryl methyl sites for hydroxylation is 1. The van der Waals surface area contributed by atoms with Gasteiger partial charge in [0.25, 0.3) is 0 Å². The van der Waals surface area contributed by atoms with Crippen molar-refractivity contribution in [3.63, 3.8) is 0 Å². The first kappa shape index (κ1) is 15.7. The molecule has 8 heteroatoms. The molecule has 0 radical (unpaired) electrons. The highest BCUT2D eigenvalue weighted by Crippen LogP contribution is 2.26. The van der Waals surface area contributed by atoms with Crippen molar-refractivity contribution in [3.8, 4) is 0 Å². The van der Waals surface area contributed by atoms with Crippen molar-refractivity contribution in [3.05, 3.63) is 23.3 Å². The van der Waals surface area contributed by atoms with Crippen LogP contribution in [0.25, 0.3) is 0 Å². The van der Waals surface area contributed by atoms with Gasteiger partial charge < -0.3 is 16.2 Å². The quantitative estimate of drug-likeness (QED) is 0.747. The number of nitrogen functional groups attached to an aromatic ring is 1. The number of rotatable bonds is 3. The Morgan fingerprint density at radius 2 is 2.05 bits per heavy atom. The molecule has 2 rings (SSSR count). The van der Waals surface area contributed by atoms with Crippen molar-refractivity contribution >= 4 is 21.6 Å². The van der Waals surface area contributed by atoms with Gasteiger partial charge in [0, 0.05) is 12.2 Å². The van der Waals surface area contributed by atoms with E-state index >= 15 is 0 Å². The monoisotopic (exact) mass is 313 g/mol. The molecule has 1 saturated heterocycles. The lowest BCUT2D eigenvalue weighted by Crippen LogP contribution is -2.54. The molecule has 0 spiro atoms. The summed E-state index contributed by atoms with van der Waals surface area (Å²) in [7, 11) is -3.85. The average Bonchev–Trinajstić information content (AvgIpc) is 2.44. The maximum Gasteiger partial charge on any atom is 0.244 e. The molecule has 0 bridgehead atoms. The summed E-state index contributed by atoms with van der Waals surface area (Å²) in [4.78, 5) is 11.5. The third-order valence-corrected chi connectivity index (χ3v) is 5.58. The maximum atomic E-state index is 12.7. The van der Waals surface area contributed by atoms with Crippen LogP contribution in [0.1, 0.15) is 11.1 Å². The Labute approximate surface area is 123 Å². The Hall–Kier alpha value is -1.64. The first-order valence-corrected chi connectivity index (χ1v) is 7.94. The van der Waals surface area contributed by atoms with Gasteiger partial charge >= 0.3 is 0 Å². The van der Waals surface area contributed by atoms with Crippen molar-refractivity contribution in [2.24, 2.45) is 5.73 Å². The first-order valence-electron chi connectivity index (χ1n) is 6.50. The number of amides is 1. The lowest BCUT2D eigenvalue weighted by atomic mass is 10.1. The summed E-state index contributed by atoms with van der Waals surface area (Å²) in [5, 5.41) is 0. The largest absolute Gasteiger partial charge is 0.398 e. The van der Waals surface area contributed by atoms with Gasteiger partial charge in [-0.25, -0.2) is 8.42 Å². The van der Waals surface area contributed by atoms with E-state index in [2.05, 4.69) is 0 Å². The van der Waals surface area contributed by atoms with Crippen LogP contribution in [-0.4, -0.2) is 44.4 Å². The summed E-state index contributed by atoms with van der Waals surface area (Å²) < 4.78 is 31.7. The van der Waals surface area contributed by atoms with E-state index in [1.165, 1.54) is 6.07 Å². The maximum absolute atomic E-state index is 12.7. The van der Waals surface area contributed by atoms with Crippen LogP contribution in [0.4, 0.5) is 5.69 Å². The number of morpholine rings is 1. The van der Waals surface area contributed by atoms with Crippen molar-refractivity contribution in [2.75, 3.05) is 25.5 Å². The molecule has 1 amide bonds. The van der Waals surface area contributed by atoms with E-state index in [1.54, 1.807) is 13.0 Å². The second-order valence-corrected chi connectivity index (χ2v) is 6.95. The Kier molecular flexibility index (Phi) is 4.22. The van der Waals surface area contributed by atoms with Gasteiger partial charge in [-0.05, 0) is 37.1 Å². The molecule has 116 valence electrons. The highest BCUT2D eigenvalue weighted by atomic mass is 32.2. The van der Waals surface area contributed by atoms with E-state index in [1.807, 2.05) is 6.92 Å². The summed E-state index contributed by atoms with van der Waals surface area (Å²) in [5.41, 5.74) is 13.1. The fourth-order valence-electron chi connectivity index (χ4n) is 2.24. The molecule has 1 atom stereocenters. The van der Waals surface area contributed by atoms with Gasteiger partial charge in [0.2, 0.25) is 15.9 Å². The summed E-state index contributed by atoms with van der Waals surface area (Å²) in [6, 6.07) is 1.96. The van der Waals surface area contributed by atoms with Crippen LogP contribution < -0.4 is 11.5 Å². The second kappa shape index (κ2) is 5.63. The van der Waals surface area contributed by atoms with Crippen molar-refractivity contribution in [1.82, 2.24) is 4.31 Å². The standard InChI is InChI=1S/C13H19N3O4S/c1-8-5-10(6-11(14)9(8)2)21(18,19)16-3-4-20-7-12(16)13(15)17/h5-6,12H,3-4,7,14H2,1-2H3,(H2,15,17). The summed E-state index contributed by atoms with van der Waals surface area (Å²) in [6.07, 6.45) is 0. The average molecular weight is 313 g/mol. The Balaban J connectivity index is 2.48. The van der Waals surface area contributed by atoms with Crippen molar-refractivity contribution < 1.29 is 17.9 Å². The molecule has 1 heterocycles. The molecule has 0 aromatic heterocycles. The van der Waals surface area contributed by atoms with Crippen LogP contribution in [0, 0.1) is 13.8 Å². The molecule has 0 saturated carbocycles. The zero-order valence-electron chi connectivity index (χ0n) is 12.0. The first-order chi connectivity index (χ1) is 9.75. The fraction of sp³-hybridized carbons (Fsp3) is 0.462. The minimum atomic E-state index is -3.85. The normalized spacial score (nSPS) is 20.4. The van der Waals surface area contributed by atoms with Crippen LogP contribution in [0.3, 0.4) is 0 Å². The molecule has 21 heavy (non-hydrogen) atoms. The van der Waals surface area contributed by atoms with E-state index in [0.717, 1.165) is 15.4 Å². The highest BCUT2D eigenvalue weighted by molar-refractivity contribution is 7.89. The van der Waals surface area contributed by atoms with Crippen LogP contribution in [0.15, 0.2) is 17.0 Å². The zero-order chi connectivity index (χ0) is 15.8. The molecule has 1 aromatic carbocycles. The Morgan fingerprint density at radius 3 is 2.62 bits per heavy atom. The number of sulfonamides is 1. The fourth-order valence-corrected chi connectivity index (χ4v) is 3.92. The number of nitrogens with two attached hydrogens (primary N) is 2. The SMILES string of the molecule is Cc1cc(S(=O)(=O)N2CCOCC2C(N)=O)cc(N)c1C. The van der Waals surface area contributed by atoms with Gasteiger partial charge in [-0.1, -0.05) is 0 Å². The smallest absolute Gasteiger partial charge is 0.244 e. The van der Waals surface area contributed by atoms with Gasteiger partial charge in [0.05, 0.1) is 18.1 Å². The van der Waals surface area contributed by atoms with Gasteiger partial charge in [-0.2, -0.15) is 4.31 Å². The third kappa shape index (κ3) is 2.87. The number of hydrogen-bond acceptors (Lipinski definition) is 5. The number of primary amides is 1. The number of hydrogen-bond donors (Lipinski definition) is 2. The molecular formula is C13H19N3O4S. The predicted molar refractivity (Wildman–Crippen MR) is 78.0 cm³/mol. The Bertz CT molecular complexity index is 649. The molecule has 1 aromatic rings. The third-order valence-electron chi connectivity index (χ3n) is 3.70. The van der Waals surface area contributed by atoms with Crippen molar-refractivity contribution in [2.45, 2.75) is 24.8 Å². The molecule has 7 nitrogen and oxygen atoms in total. The number of anilines is 1.